The molecule has 3 nitrogen and oxygen atoms in total. The van der Waals surface area contributed by atoms with E-state index in [2.05, 4.69) is 52.0 Å². The predicted molar refractivity (Wildman–Crippen MR) is 86.7 cm³/mol. The summed E-state index contributed by atoms with van der Waals surface area (Å²) >= 11 is 3.45. The minimum Gasteiger partial charge on any atom is -0.397 e. The number of hydrogen-bond donors (Lipinski definition) is 1. The van der Waals surface area contributed by atoms with Gasteiger partial charge in [0.2, 0.25) is 0 Å². The largest absolute Gasteiger partial charge is 0.397 e. The van der Waals surface area contributed by atoms with Crippen LogP contribution in [0.25, 0.3) is 0 Å². The van der Waals surface area contributed by atoms with E-state index in [4.69, 9.17) is 5.73 Å². The van der Waals surface area contributed by atoms with Crippen molar-refractivity contribution in [2.45, 2.75) is 31.7 Å². The van der Waals surface area contributed by atoms with Crippen molar-refractivity contribution in [2.24, 2.45) is 0 Å². The quantitative estimate of drug-likeness (QED) is 0.862. The first-order valence-electron chi connectivity index (χ1n) is 7.04. The van der Waals surface area contributed by atoms with Crippen LogP contribution in [0.15, 0.2) is 22.7 Å². The van der Waals surface area contributed by atoms with E-state index >= 15 is 0 Å². The van der Waals surface area contributed by atoms with E-state index in [0.717, 1.165) is 28.4 Å². The van der Waals surface area contributed by atoms with E-state index in [1.807, 2.05) is 6.07 Å². The summed E-state index contributed by atoms with van der Waals surface area (Å²) in [6.45, 7) is 2.30. The Morgan fingerprint density at radius 1 is 1.42 bits per heavy atom. The van der Waals surface area contributed by atoms with Gasteiger partial charge in [0.15, 0.2) is 0 Å². The molecule has 0 aliphatic carbocycles. The lowest BCUT2D eigenvalue weighted by Crippen LogP contribution is -2.38. The van der Waals surface area contributed by atoms with Gasteiger partial charge in [0.25, 0.3) is 0 Å². The molecule has 0 amide bonds. The summed E-state index contributed by atoms with van der Waals surface area (Å²) in [5.74, 6) is 0. The first-order valence-corrected chi connectivity index (χ1v) is 7.83. The molecule has 1 unspecified atom stereocenters. The molecule has 2 N–H and O–H groups in total. The Kier molecular flexibility index (Phi) is 5.11. The van der Waals surface area contributed by atoms with Crippen LogP contribution < -0.4 is 10.6 Å². The highest BCUT2D eigenvalue weighted by Crippen LogP contribution is 2.26. The second-order valence-electron chi connectivity index (χ2n) is 5.54. The molecule has 1 fully saturated rings. The van der Waals surface area contributed by atoms with Gasteiger partial charge in [-0.05, 0) is 51.1 Å². The van der Waals surface area contributed by atoms with Crippen LogP contribution in [0, 0.1) is 0 Å². The number of halogens is 1. The summed E-state index contributed by atoms with van der Waals surface area (Å²) in [6, 6.07) is 6.84. The van der Waals surface area contributed by atoms with Gasteiger partial charge in [-0.2, -0.15) is 0 Å². The SMILES string of the molecule is CN(CCC1CCCCN1C)c1ccc(Br)cc1N. The van der Waals surface area contributed by atoms with Crippen LogP contribution in [0.1, 0.15) is 25.7 Å². The molecule has 0 spiro atoms. The van der Waals surface area contributed by atoms with Gasteiger partial charge in [-0.15, -0.1) is 0 Å². The highest BCUT2D eigenvalue weighted by molar-refractivity contribution is 9.10. The molecule has 1 aromatic carbocycles. The van der Waals surface area contributed by atoms with E-state index < -0.39 is 0 Å². The zero-order valence-corrected chi connectivity index (χ0v) is 13.5. The number of anilines is 2. The van der Waals surface area contributed by atoms with E-state index in [9.17, 15) is 0 Å². The van der Waals surface area contributed by atoms with Crippen molar-refractivity contribution in [1.82, 2.24) is 4.90 Å². The second kappa shape index (κ2) is 6.62. The van der Waals surface area contributed by atoms with Crippen LogP contribution in [-0.2, 0) is 0 Å². The summed E-state index contributed by atoms with van der Waals surface area (Å²) in [5.41, 5.74) is 8.04. The maximum atomic E-state index is 6.08. The van der Waals surface area contributed by atoms with E-state index in [-0.39, 0.29) is 0 Å². The predicted octanol–water partition coefficient (Wildman–Crippen LogP) is 3.34. The molecule has 106 valence electrons. The minimum atomic E-state index is 0.730. The third-order valence-electron chi connectivity index (χ3n) is 4.12. The highest BCUT2D eigenvalue weighted by Gasteiger charge is 2.19. The molecule has 0 radical (unpaired) electrons. The van der Waals surface area contributed by atoms with Crippen molar-refractivity contribution < 1.29 is 0 Å². The average Bonchev–Trinajstić information content (AvgIpc) is 2.37. The molecule has 1 atom stereocenters. The molecule has 19 heavy (non-hydrogen) atoms. The summed E-state index contributed by atoms with van der Waals surface area (Å²) in [7, 11) is 4.38. The monoisotopic (exact) mass is 325 g/mol. The van der Waals surface area contributed by atoms with Gasteiger partial charge in [-0.1, -0.05) is 22.4 Å². The van der Waals surface area contributed by atoms with Gasteiger partial charge < -0.3 is 15.5 Å². The molecule has 1 saturated heterocycles. The first kappa shape index (κ1) is 14.7. The van der Waals surface area contributed by atoms with Gasteiger partial charge >= 0.3 is 0 Å². The fourth-order valence-corrected chi connectivity index (χ4v) is 3.22. The molecule has 0 bridgehead atoms. The summed E-state index contributed by atoms with van der Waals surface area (Å²) in [5, 5.41) is 0. The molecular weight excluding hydrogens is 302 g/mol. The number of rotatable bonds is 4. The number of nitrogens with two attached hydrogens (primary N) is 1. The van der Waals surface area contributed by atoms with Gasteiger partial charge in [0, 0.05) is 24.1 Å². The van der Waals surface area contributed by atoms with Gasteiger partial charge in [0.1, 0.15) is 0 Å². The fraction of sp³-hybridized carbons (Fsp3) is 0.600. The Morgan fingerprint density at radius 3 is 2.89 bits per heavy atom. The number of hydrogen-bond acceptors (Lipinski definition) is 3. The third-order valence-corrected chi connectivity index (χ3v) is 4.61. The van der Waals surface area contributed by atoms with Crippen LogP contribution in [0.2, 0.25) is 0 Å². The topological polar surface area (TPSA) is 32.5 Å². The van der Waals surface area contributed by atoms with Crippen molar-refractivity contribution in [3.63, 3.8) is 0 Å². The normalized spacial score (nSPS) is 20.5. The maximum Gasteiger partial charge on any atom is 0.0598 e. The molecular formula is C15H24BrN3. The molecule has 2 rings (SSSR count). The molecule has 1 aromatic rings. The van der Waals surface area contributed by atoms with E-state index in [0.29, 0.717) is 0 Å². The van der Waals surface area contributed by atoms with Crippen molar-refractivity contribution in [3.8, 4) is 0 Å². The Balaban J connectivity index is 1.91. The van der Waals surface area contributed by atoms with Crippen LogP contribution in [0.3, 0.4) is 0 Å². The summed E-state index contributed by atoms with van der Waals surface area (Å²) in [6.07, 6.45) is 5.27. The Labute approximate surface area is 124 Å². The lowest BCUT2D eigenvalue weighted by molar-refractivity contribution is 0.178. The number of nitrogens with zero attached hydrogens (tertiary/aromatic N) is 2. The maximum absolute atomic E-state index is 6.08. The van der Waals surface area contributed by atoms with Gasteiger partial charge in [-0.25, -0.2) is 0 Å². The standard InChI is InChI=1S/C15H24BrN3/c1-18-9-4-3-5-13(18)8-10-19(2)15-7-6-12(16)11-14(15)17/h6-7,11,13H,3-5,8-10,17H2,1-2H3. The Morgan fingerprint density at radius 2 is 2.21 bits per heavy atom. The van der Waals surface area contributed by atoms with Crippen molar-refractivity contribution in [1.29, 1.82) is 0 Å². The highest BCUT2D eigenvalue weighted by atomic mass is 79.9. The molecule has 4 heteroatoms. The van der Waals surface area contributed by atoms with Crippen LogP contribution in [0.4, 0.5) is 11.4 Å². The number of nitrogen functional groups attached to an aromatic ring is 1. The molecule has 1 aliphatic rings. The number of benzene rings is 1. The molecule has 0 aromatic heterocycles. The smallest absolute Gasteiger partial charge is 0.0598 e. The zero-order valence-electron chi connectivity index (χ0n) is 11.9. The van der Waals surface area contributed by atoms with Crippen molar-refractivity contribution >= 4 is 27.3 Å². The molecule has 0 saturated carbocycles. The minimum absolute atomic E-state index is 0.730. The Hall–Kier alpha value is -0.740. The van der Waals surface area contributed by atoms with Crippen LogP contribution in [-0.4, -0.2) is 38.1 Å². The zero-order chi connectivity index (χ0) is 13.8. The lowest BCUT2D eigenvalue weighted by Gasteiger charge is -2.34. The van der Waals surface area contributed by atoms with Crippen LogP contribution in [0.5, 0.6) is 0 Å². The molecule has 1 aliphatic heterocycles. The fourth-order valence-electron chi connectivity index (χ4n) is 2.84. The summed E-state index contributed by atoms with van der Waals surface area (Å²) < 4.78 is 1.04. The number of piperidine rings is 1. The van der Waals surface area contributed by atoms with E-state index in [1.54, 1.807) is 0 Å². The van der Waals surface area contributed by atoms with Crippen molar-refractivity contribution in [3.05, 3.63) is 22.7 Å². The van der Waals surface area contributed by atoms with Crippen molar-refractivity contribution in [2.75, 3.05) is 37.8 Å². The van der Waals surface area contributed by atoms with E-state index in [1.165, 1.54) is 32.2 Å². The van der Waals surface area contributed by atoms with Crippen LogP contribution >= 0.6 is 15.9 Å². The Bertz CT molecular complexity index is 422. The number of likely N-dealkylation sites (tertiary alicyclic amines) is 1. The molecule has 1 heterocycles. The lowest BCUT2D eigenvalue weighted by atomic mass is 10.00. The van der Waals surface area contributed by atoms with Gasteiger partial charge in [-0.3, -0.25) is 0 Å². The third kappa shape index (κ3) is 3.86. The average molecular weight is 326 g/mol. The summed E-state index contributed by atoms with van der Waals surface area (Å²) in [4.78, 5) is 4.77. The first-order chi connectivity index (χ1) is 9.08. The van der Waals surface area contributed by atoms with Gasteiger partial charge in [0.05, 0.1) is 11.4 Å². The second-order valence-corrected chi connectivity index (χ2v) is 6.46.